The van der Waals surface area contributed by atoms with Gasteiger partial charge in [-0.15, -0.1) is 0 Å². The van der Waals surface area contributed by atoms with Crippen molar-refractivity contribution < 1.29 is 22.7 Å². The molecule has 0 fully saturated rings. The molecule has 0 spiro atoms. The van der Waals surface area contributed by atoms with Crippen molar-refractivity contribution in [2.24, 2.45) is 0 Å². The number of alkyl halides is 3. The van der Waals surface area contributed by atoms with Crippen molar-refractivity contribution in [3.63, 3.8) is 0 Å². The highest BCUT2D eigenvalue weighted by Crippen LogP contribution is 2.31. The average Bonchev–Trinajstić information content (AvgIpc) is 2.67. The molecule has 6 nitrogen and oxygen atoms in total. The Hall–Kier alpha value is -3.62. The van der Waals surface area contributed by atoms with Crippen LogP contribution in [0.4, 0.5) is 30.5 Å². The first kappa shape index (κ1) is 19.2. The van der Waals surface area contributed by atoms with Gasteiger partial charge in [0.05, 0.1) is 23.9 Å². The fourth-order valence-corrected chi connectivity index (χ4v) is 2.57. The number of halogens is 3. The number of hydrogen-bond donors (Lipinski definition) is 2. The van der Waals surface area contributed by atoms with Crippen LogP contribution in [0.15, 0.2) is 54.7 Å². The Bertz CT molecular complexity index is 1000. The van der Waals surface area contributed by atoms with E-state index in [1.807, 2.05) is 0 Å². The van der Waals surface area contributed by atoms with Crippen LogP contribution in [0, 0.1) is 0 Å². The van der Waals surface area contributed by atoms with Gasteiger partial charge in [-0.2, -0.15) is 13.2 Å². The number of nitrogens with one attached hydrogen (secondary N) is 1. The summed E-state index contributed by atoms with van der Waals surface area (Å²) in [5.41, 5.74) is 6.93. The van der Waals surface area contributed by atoms with Crippen LogP contribution < -0.4 is 11.1 Å². The number of anilines is 3. The molecule has 0 aliphatic rings. The number of carbonyl (C=O) groups excluding carboxylic acids is 1. The number of carbonyl (C=O) groups is 1. The van der Waals surface area contributed by atoms with Crippen LogP contribution in [-0.4, -0.2) is 23.0 Å². The van der Waals surface area contributed by atoms with Crippen LogP contribution in [0.5, 0.6) is 0 Å². The molecule has 3 aromatic rings. The standard InChI is InChI=1S/C19H15F3N4O2/c1-28-17(27)13-3-2-4-14(23)16(13)15-9-10-24-18(26-15)25-12-7-5-11(6-8-12)19(20,21)22/h2-10H,23H2,1H3,(H,24,25,26). The number of benzene rings is 2. The predicted molar refractivity (Wildman–Crippen MR) is 97.9 cm³/mol. The van der Waals surface area contributed by atoms with Crippen molar-refractivity contribution in [2.75, 3.05) is 18.2 Å². The van der Waals surface area contributed by atoms with E-state index in [-0.39, 0.29) is 11.5 Å². The van der Waals surface area contributed by atoms with Gasteiger partial charge in [-0.05, 0) is 42.5 Å². The summed E-state index contributed by atoms with van der Waals surface area (Å²) in [5.74, 6) is -0.436. The Balaban J connectivity index is 1.93. The fourth-order valence-electron chi connectivity index (χ4n) is 2.57. The summed E-state index contributed by atoms with van der Waals surface area (Å²) >= 11 is 0. The summed E-state index contributed by atoms with van der Waals surface area (Å²) in [4.78, 5) is 20.4. The van der Waals surface area contributed by atoms with Gasteiger partial charge < -0.3 is 15.8 Å². The van der Waals surface area contributed by atoms with E-state index >= 15 is 0 Å². The molecule has 0 radical (unpaired) electrons. The Morgan fingerprint density at radius 1 is 1.11 bits per heavy atom. The molecule has 144 valence electrons. The summed E-state index contributed by atoms with van der Waals surface area (Å²) in [7, 11) is 1.26. The largest absolute Gasteiger partial charge is 0.465 e. The van der Waals surface area contributed by atoms with Crippen LogP contribution in [-0.2, 0) is 10.9 Å². The molecule has 0 bridgehead atoms. The highest BCUT2D eigenvalue weighted by molar-refractivity contribution is 6.00. The monoisotopic (exact) mass is 388 g/mol. The Kier molecular flexibility index (Phi) is 5.16. The lowest BCUT2D eigenvalue weighted by Gasteiger charge is -2.12. The number of nitrogens with zero attached hydrogens (tertiary/aromatic N) is 2. The summed E-state index contributed by atoms with van der Waals surface area (Å²) < 4.78 is 42.8. The molecule has 0 aliphatic heterocycles. The number of methoxy groups -OCH3 is 1. The van der Waals surface area contributed by atoms with Gasteiger partial charge in [-0.25, -0.2) is 14.8 Å². The molecule has 0 unspecified atom stereocenters. The lowest BCUT2D eigenvalue weighted by Crippen LogP contribution is -2.07. The summed E-state index contributed by atoms with van der Waals surface area (Å²) in [5, 5.41) is 2.83. The van der Waals surface area contributed by atoms with Crippen LogP contribution in [0.1, 0.15) is 15.9 Å². The van der Waals surface area contributed by atoms with Crippen LogP contribution in [0.25, 0.3) is 11.3 Å². The second-order valence-electron chi connectivity index (χ2n) is 5.73. The normalized spacial score (nSPS) is 11.1. The molecular weight excluding hydrogens is 373 g/mol. The van der Waals surface area contributed by atoms with E-state index in [0.29, 0.717) is 22.6 Å². The summed E-state index contributed by atoms with van der Waals surface area (Å²) in [6.07, 6.45) is -2.97. The molecule has 0 saturated carbocycles. The molecule has 9 heteroatoms. The van der Waals surface area contributed by atoms with Crippen molar-refractivity contribution in [3.05, 3.63) is 65.9 Å². The van der Waals surface area contributed by atoms with Crippen molar-refractivity contribution in [1.82, 2.24) is 9.97 Å². The van der Waals surface area contributed by atoms with Crippen LogP contribution >= 0.6 is 0 Å². The van der Waals surface area contributed by atoms with E-state index in [2.05, 4.69) is 15.3 Å². The highest BCUT2D eigenvalue weighted by atomic mass is 19.4. The molecule has 0 atom stereocenters. The smallest absolute Gasteiger partial charge is 0.416 e. The third kappa shape index (κ3) is 4.03. The number of rotatable bonds is 4. The fraction of sp³-hybridized carbons (Fsp3) is 0.105. The van der Waals surface area contributed by atoms with Gasteiger partial charge in [0.2, 0.25) is 5.95 Å². The van der Waals surface area contributed by atoms with Gasteiger partial charge >= 0.3 is 12.1 Å². The van der Waals surface area contributed by atoms with E-state index in [9.17, 15) is 18.0 Å². The number of esters is 1. The lowest BCUT2D eigenvalue weighted by atomic mass is 10.0. The topological polar surface area (TPSA) is 90.1 Å². The molecule has 1 aromatic heterocycles. The van der Waals surface area contributed by atoms with Crippen molar-refractivity contribution >= 4 is 23.3 Å². The summed E-state index contributed by atoms with van der Waals surface area (Å²) in [6.45, 7) is 0. The third-order valence-electron chi connectivity index (χ3n) is 3.88. The molecule has 0 aliphatic carbocycles. The Morgan fingerprint density at radius 3 is 2.46 bits per heavy atom. The summed E-state index contributed by atoms with van der Waals surface area (Å²) in [6, 6.07) is 10.8. The first-order valence-electron chi connectivity index (χ1n) is 8.04. The van der Waals surface area contributed by atoms with Crippen LogP contribution in [0.2, 0.25) is 0 Å². The minimum atomic E-state index is -4.41. The number of aromatic nitrogens is 2. The average molecular weight is 388 g/mol. The molecular formula is C19H15F3N4O2. The minimum absolute atomic E-state index is 0.135. The minimum Gasteiger partial charge on any atom is -0.465 e. The lowest BCUT2D eigenvalue weighted by molar-refractivity contribution is -0.137. The third-order valence-corrected chi connectivity index (χ3v) is 3.88. The molecule has 1 heterocycles. The maximum Gasteiger partial charge on any atom is 0.416 e. The van der Waals surface area contributed by atoms with Gasteiger partial charge in [0.1, 0.15) is 0 Å². The molecule has 0 amide bonds. The number of nitrogen functional groups attached to an aromatic ring is 1. The molecule has 3 N–H and O–H groups in total. The zero-order valence-corrected chi connectivity index (χ0v) is 14.6. The first-order valence-corrected chi connectivity index (χ1v) is 8.04. The highest BCUT2D eigenvalue weighted by Gasteiger charge is 2.30. The van der Waals surface area contributed by atoms with E-state index in [4.69, 9.17) is 10.5 Å². The molecule has 2 aromatic carbocycles. The first-order chi connectivity index (χ1) is 13.3. The van der Waals surface area contributed by atoms with Gasteiger partial charge in [-0.3, -0.25) is 0 Å². The van der Waals surface area contributed by atoms with Gasteiger partial charge in [0, 0.05) is 23.1 Å². The second kappa shape index (κ2) is 7.55. The van der Waals surface area contributed by atoms with Gasteiger partial charge in [0.15, 0.2) is 0 Å². The molecule has 0 saturated heterocycles. The van der Waals surface area contributed by atoms with Crippen molar-refractivity contribution in [2.45, 2.75) is 6.18 Å². The van der Waals surface area contributed by atoms with Gasteiger partial charge in [-0.1, -0.05) is 6.07 Å². The maximum atomic E-state index is 12.7. The maximum absolute atomic E-state index is 12.7. The van der Waals surface area contributed by atoms with E-state index in [0.717, 1.165) is 12.1 Å². The Labute approximate surface area is 158 Å². The quantitative estimate of drug-likeness (QED) is 0.512. The SMILES string of the molecule is COC(=O)c1cccc(N)c1-c1ccnc(Nc2ccc(C(F)(F)F)cc2)n1. The van der Waals surface area contributed by atoms with Gasteiger partial charge in [0.25, 0.3) is 0 Å². The van der Waals surface area contributed by atoms with E-state index < -0.39 is 17.7 Å². The van der Waals surface area contributed by atoms with Crippen molar-refractivity contribution in [3.8, 4) is 11.3 Å². The van der Waals surface area contributed by atoms with E-state index in [1.54, 1.807) is 24.3 Å². The number of ether oxygens (including phenoxy) is 1. The van der Waals surface area contributed by atoms with Crippen molar-refractivity contribution in [1.29, 1.82) is 0 Å². The predicted octanol–water partition coefficient (Wildman–Crippen LogP) is 4.27. The zero-order chi connectivity index (χ0) is 20.3. The number of hydrogen-bond acceptors (Lipinski definition) is 6. The zero-order valence-electron chi connectivity index (χ0n) is 14.6. The van der Waals surface area contributed by atoms with Crippen LogP contribution in [0.3, 0.4) is 0 Å². The second-order valence-corrected chi connectivity index (χ2v) is 5.73. The number of nitrogens with two attached hydrogens (primary N) is 1. The Morgan fingerprint density at radius 2 is 1.82 bits per heavy atom. The molecule has 3 rings (SSSR count). The van der Waals surface area contributed by atoms with E-state index in [1.165, 1.54) is 25.4 Å². The molecule has 28 heavy (non-hydrogen) atoms.